The van der Waals surface area contributed by atoms with Crippen LogP contribution in [0.25, 0.3) is 5.65 Å². The normalized spacial score (nSPS) is 16.0. The molecule has 7 nitrogen and oxygen atoms in total. The van der Waals surface area contributed by atoms with E-state index >= 15 is 0 Å². The summed E-state index contributed by atoms with van der Waals surface area (Å²) in [5, 5.41) is 11.9. The van der Waals surface area contributed by atoms with Gasteiger partial charge in [0, 0.05) is 19.3 Å². The van der Waals surface area contributed by atoms with Crippen molar-refractivity contribution in [2.45, 2.75) is 6.92 Å². The molecule has 1 aliphatic rings. The standard InChI is InChI=1S/C14H16N4O3/c1-10-2-3-12-16-13(17-4-6-21-7-5-17)11(8-15-20)14(19)18(12)9-10/h2-3,8-9,20H,4-7H2,1H3/b15-8+. The molecule has 1 fully saturated rings. The lowest BCUT2D eigenvalue weighted by molar-refractivity contribution is 0.122. The highest BCUT2D eigenvalue weighted by atomic mass is 16.5. The molecule has 110 valence electrons. The summed E-state index contributed by atoms with van der Waals surface area (Å²) in [7, 11) is 0. The molecule has 7 heteroatoms. The van der Waals surface area contributed by atoms with Gasteiger partial charge in [-0.2, -0.15) is 0 Å². The third-order valence-electron chi connectivity index (χ3n) is 3.48. The molecule has 3 heterocycles. The van der Waals surface area contributed by atoms with Crippen LogP contribution in [0, 0.1) is 6.92 Å². The summed E-state index contributed by atoms with van der Waals surface area (Å²) < 4.78 is 6.79. The molecule has 0 saturated carbocycles. The van der Waals surface area contributed by atoms with Gasteiger partial charge >= 0.3 is 0 Å². The molecule has 3 rings (SSSR count). The predicted octanol–water partition coefficient (Wildman–Crippen LogP) is 0.648. The lowest BCUT2D eigenvalue weighted by Crippen LogP contribution is -2.39. The number of rotatable bonds is 2. The van der Waals surface area contributed by atoms with E-state index in [1.54, 1.807) is 12.3 Å². The van der Waals surface area contributed by atoms with E-state index in [0.717, 1.165) is 11.8 Å². The van der Waals surface area contributed by atoms with Gasteiger partial charge < -0.3 is 14.8 Å². The van der Waals surface area contributed by atoms with Crippen LogP contribution in [0.15, 0.2) is 28.3 Å². The van der Waals surface area contributed by atoms with Crippen molar-refractivity contribution in [3.05, 3.63) is 39.8 Å². The van der Waals surface area contributed by atoms with Crippen LogP contribution in [-0.2, 0) is 4.74 Å². The molecule has 1 aliphatic heterocycles. The zero-order chi connectivity index (χ0) is 14.8. The van der Waals surface area contributed by atoms with Crippen LogP contribution in [0.2, 0.25) is 0 Å². The van der Waals surface area contributed by atoms with Crippen LogP contribution in [0.4, 0.5) is 5.82 Å². The summed E-state index contributed by atoms with van der Waals surface area (Å²) >= 11 is 0. The number of ether oxygens (including phenoxy) is 1. The molecule has 2 aromatic rings. The first kappa shape index (κ1) is 13.6. The van der Waals surface area contributed by atoms with Gasteiger partial charge in [-0.25, -0.2) is 4.98 Å². The Hall–Kier alpha value is -2.41. The van der Waals surface area contributed by atoms with Gasteiger partial charge in [0.15, 0.2) is 0 Å². The summed E-state index contributed by atoms with van der Waals surface area (Å²) in [6.07, 6.45) is 2.87. The molecule has 0 amide bonds. The molecule has 0 spiro atoms. The second-order valence-electron chi connectivity index (χ2n) is 4.93. The summed E-state index contributed by atoms with van der Waals surface area (Å²) in [5.74, 6) is 0.532. The molecular formula is C14H16N4O3. The van der Waals surface area contributed by atoms with Crippen LogP contribution in [0.5, 0.6) is 0 Å². The van der Waals surface area contributed by atoms with Gasteiger partial charge in [-0.05, 0) is 18.6 Å². The number of nitrogens with zero attached hydrogens (tertiary/aromatic N) is 4. The van der Waals surface area contributed by atoms with Crippen LogP contribution < -0.4 is 10.5 Å². The van der Waals surface area contributed by atoms with Crippen LogP contribution in [0.3, 0.4) is 0 Å². The minimum absolute atomic E-state index is 0.247. The molecule has 0 aliphatic carbocycles. The lowest BCUT2D eigenvalue weighted by atomic mass is 10.2. The highest BCUT2D eigenvalue weighted by Gasteiger charge is 2.19. The zero-order valence-electron chi connectivity index (χ0n) is 11.7. The van der Waals surface area contributed by atoms with Crippen molar-refractivity contribution in [3.63, 3.8) is 0 Å². The third-order valence-corrected chi connectivity index (χ3v) is 3.48. The van der Waals surface area contributed by atoms with E-state index in [1.807, 2.05) is 17.9 Å². The van der Waals surface area contributed by atoms with Gasteiger partial charge in [0.05, 0.1) is 19.4 Å². The maximum absolute atomic E-state index is 12.6. The van der Waals surface area contributed by atoms with Crippen molar-refractivity contribution in [1.82, 2.24) is 9.38 Å². The smallest absolute Gasteiger partial charge is 0.269 e. The first-order valence-electron chi connectivity index (χ1n) is 6.74. The molecular weight excluding hydrogens is 272 g/mol. The van der Waals surface area contributed by atoms with E-state index in [0.29, 0.717) is 37.8 Å². The van der Waals surface area contributed by atoms with Gasteiger partial charge in [0.2, 0.25) is 0 Å². The summed E-state index contributed by atoms with van der Waals surface area (Å²) in [6.45, 7) is 4.39. The molecule has 0 radical (unpaired) electrons. The number of anilines is 1. The van der Waals surface area contributed by atoms with E-state index in [4.69, 9.17) is 9.94 Å². The second-order valence-corrected chi connectivity index (χ2v) is 4.93. The maximum Gasteiger partial charge on any atom is 0.269 e. The molecule has 21 heavy (non-hydrogen) atoms. The SMILES string of the molecule is Cc1ccc2nc(N3CCOCC3)c(/C=N/O)c(=O)n2c1. The highest BCUT2D eigenvalue weighted by molar-refractivity contribution is 5.86. The number of morpholine rings is 1. The summed E-state index contributed by atoms with van der Waals surface area (Å²) in [4.78, 5) is 19.1. The molecule has 2 aromatic heterocycles. The fraction of sp³-hybridized carbons (Fsp3) is 0.357. The number of hydrogen-bond donors (Lipinski definition) is 1. The number of aryl methyl sites for hydroxylation is 1. The Morgan fingerprint density at radius 2 is 2.14 bits per heavy atom. The Morgan fingerprint density at radius 3 is 2.86 bits per heavy atom. The van der Waals surface area contributed by atoms with Crippen LogP contribution in [-0.4, -0.2) is 47.1 Å². The Bertz CT molecular complexity index is 748. The van der Waals surface area contributed by atoms with Gasteiger partial charge in [0.1, 0.15) is 17.0 Å². The quantitative estimate of drug-likeness (QED) is 0.498. The van der Waals surface area contributed by atoms with Crippen molar-refractivity contribution in [1.29, 1.82) is 0 Å². The van der Waals surface area contributed by atoms with E-state index < -0.39 is 0 Å². The number of fused-ring (bicyclic) bond motifs is 1. The fourth-order valence-corrected chi connectivity index (χ4v) is 2.43. The first-order chi connectivity index (χ1) is 10.2. The third kappa shape index (κ3) is 2.47. The minimum Gasteiger partial charge on any atom is -0.411 e. The predicted molar refractivity (Wildman–Crippen MR) is 78.6 cm³/mol. The van der Waals surface area contributed by atoms with Crippen molar-refractivity contribution in [3.8, 4) is 0 Å². The molecule has 0 bridgehead atoms. The minimum atomic E-state index is -0.247. The molecule has 0 aromatic carbocycles. The summed E-state index contributed by atoms with van der Waals surface area (Å²) in [6, 6.07) is 3.71. The largest absolute Gasteiger partial charge is 0.411 e. The number of aromatic nitrogens is 2. The Morgan fingerprint density at radius 1 is 1.38 bits per heavy atom. The average Bonchev–Trinajstić information content (AvgIpc) is 2.51. The Kier molecular flexibility index (Phi) is 3.57. The fourth-order valence-electron chi connectivity index (χ4n) is 2.43. The average molecular weight is 288 g/mol. The molecule has 1 saturated heterocycles. The van der Waals surface area contributed by atoms with Crippen LogP contribution in [0.1, 0.15) is 11.1 Å². The molecule has 0 unspecified atom stereocenters. The van der Waals surface area contributed by atoms with Gasteiger partial charge in [0.25, 0.3) is 5.56 Å². The van der Waals surface area contributed by atoms with Crippen molar-refractivity contribution in [2.24, 2.45) is 5.16 Å². The number of pyridine rings is 1. The monoisotopic (exact) mass is 288 g/mol. The topological polar surface area (TPSA) is 79.4 Å². The van der Waals surface area contributed by atoms with E-state index in [9.17, 15) is 4.79 Å². The Labute approximate surface area is 121 Å². The van der Waals surface area contributed by atoms with Crippen LogP contribution >= 0.6 is 0 Å². The van der Waals surface area contributed by atoms with E-state index in [2.05, 4.69) is 10.1 Å². The van der Waals surface area contributed by atoms with Crippen molar-refractivity contribution in [2.75, 3.05) is 31.2 Å². The summed E-state index contributed by atoms with van der Waals surface area (Å²) in [5.41, 5.74) is 1.56. The van der Waals surface area contributed by atoms with Gasteiger partial charge in [-0.1, -0.05) is 11.2 Å². The number of hydrogen-bond acceptors (Lipinski definition) is 6. The highest BCUT2D eigenvalue weighted by Crippen LogP contribution is 2.16. The lowest BCUT2D eigenvalue weighted by Gasteiger charge is -2.28. The molecule has 1 N–H and O–H groups in total. The molecule has 0 atom stereocenters. The second kappa shape index (κ2) is 5.53. The zero-order valence-corrected chi connectivity index (χ0v) is 11.7. The van der Waals surface area contributed by atoms with Gasteiger partial charge in [-0.3, -0.25) is 9.20 Å². The van der Waals surface area contributed by atoms with E-state index in [-0.39, 0.29) is 11.1 Å². The van der Waals surface area contributed by atoms with Crippen molar-refractivity contribution < 1.29 is 9.94 Å². The van der Waals surface area contributed by atoms with Gasteiger partial charge in [-0.15, -0.1) is 0 Å². The first-order valence-corrected chi connectivity index (χ1v) is 6.74. The maximum atomic E-state index is 12.6. The Balaban J connectivity index is 2.24. The van der Waals surface area contributed by atoms with E-state index in [1.165, 1.54) is 4.40 Å². The number of oxime groups is 1. The van der Waals surface area contributed by atoms with Crippen molar-refractivity contribution >= 4 is 17.7 Å².